The number of unbranched alkanes of at least 4 members (excludes halogenated alkanes) is 1. The van der Waals surface area contributed by atoms with E-state index in [1.54, 1.807) is 0 Å². The molecule has 0 spiro atoms. The van der Waals surface area contributed by atoms with Crippen molar-refractivity contribution >= 4 is 39.8 Å². The number of carbonyl (C=O) groups is 2. The molecule has 4 N–H and O–H groups in total. The lowest BCUT2D eigenvalue weighted by atomic mass is 10.00. The van der Waals surface area contributed by atoms with Crippen molar-refractivity contribution < 1.29 is 9.59 Å². The Morgan fingerprint density at radius 3 is 2.50 bits per heavy atom. The lowest BCUT2D eigenvalue weighted by molar-refractivity contribution is -0.117. The number of hydrogen-bond acceptors (Lipinski definition) is 6. The van der Waals surface area contributed by atoms with Gasteiger partial charge in [0.2, 0.25) is 11.0 Å². The van der Waals surface area contributed by atoms with Crippen molar-refractivity contribution in [3.8, 4) is 0 Å². The lowest BCUT2D eigenvalue weighted by Gasteiger charge is -2.07. The fourth-order valence-corrected chi connectivity index (χ4v) is 4.66. The van der Waals surface area contributed by atoms with Crippen LogP contribution in [0.1, 0.15) is 73.6 Å². The third-order valence-corrected chi connectivity index (χ3v) is 6.86. The second-order valence-electron chi connectivity index (χ2n) is 9.60. The molecule has 0 fully saturated rings. The minimum Gasteiger partial charge on any atom is -0.387 e. The van der Waals surface area contributed by atoms with E-state index in [4.69, 9.17) is 11.1 Å². The third kappa shape index (κ3) is 10.3. The van der Waals surface area contributed by atoms with E-state index in [1.807, 2.05) is 48.5 Å². The van der Waals surface area contributed by atoms with Gasteiger partial charge in [-0.25, -0.2) is 4.99 Å². The Hall–Kier alpha value is -3.72. The maximum absolute atomic E-state index is 12.3. The SMILES string of the molecule is CC(C)c1cccc(CC(=O)N=C(N)CCC(=N)CCCCc2nnc(NC(=O)Cc3ccccc3)s2)c1. The Labute approximate surface area is 228 Å². The number of aromatic nitrogens is 2. The minimum atomic E-state index is -0.261. The van der Waals surface area contributed by atoms with Gasteiger partial charge < -0.3 is 16.5 Å². The Morgan fingerprint density at radius 1 is 0.974 bits per heavy atom. The van der Waals surface area contributed by atoms with Crippen molar-refractivity contribution in [1.82, 2.24) is 10.2 Å². The predicted octanol–water partition coefficient (Wildman–Crippen LogP) is 5.48. The van der Waals surface area contributed by atoms with Gasteiger partial charge in [0.25, 0.3) is 5.91 Å². The van der Waals surface area contributed by atoms with Gasteiger partial charge in [-0.15, -0.1) is 10.2 Å². The fourth-order valence-electron chi connectivity index (χ4n) is 3.86. The van der Waals surface area contributed by atoms with Crippen LogP contribution in [0, 0.1) is 5.41 Å². The summed E-state index contributed by atoms with van der Waals surface area (Å²) in [7, 11) is 0. The summed E-state index contributed by atoms with van der Waals surface area (Å²) < 4.78 is 0. The maximum atomic E-state index is 12.3. The highest BCUT2D eigenvalue weighted by Crippen LogP contribution is 2.19. The van der Waals surface area contributed by atoms with Crippen molar-refractivity contribution in [3.05, 3.63) is 76.3 Å². The van der Waals surface area contributed by atoms with E-state index in [1.165, 1.54) is 16.9 Å². The summed E-state index contributed by atoms with van der Waals surface area (Å²) in [6.07, 6.45) is 4.53. The van der Waals surface area contributed by atoms with Crippen LogP contribution in [-0.2, 0) is 28.9 Å². The molecule has 0 saturated carbocycles. The highest BCUT2D eigenvalue weighted by Gasteiger charge is 2.10. The number of nitrogens with one attached hydrogen (secondary N) is 2. The highest BCUT2D eigenvalue weighted by atomic mass is 32.1. The molecule has 3 aromatic rings. The molecule has 0 bridgehead atoms. The number of hydrogen-bond donors (Lipinski definition) is 3. The molecule has 38 heavy (non-hydrogen) atoms. The van der Waals surface area contributed by atoms with Crippen molar-refractivity contribution in [2.24, 2.45) is 10.7 Å². The molecule has 3 rings (SSSR count). The van der Waals surface area contributed by atoms with Gasteiger partial charge in [0, 0.05) is 18.6 Å². The van der Waals surface area contributed by atoms with Crippen LogP contribution in [-0.4, -0.2) is 33.6 Å². The van der Waals surface area contributed by atoms with Gasteiger partial charge in [0.15, 0.2) is 0 Å². The summed E-state index contributed by atoms with van der Waals surface area (Å²) in [4.78, 5) is 28.5. The zero-order valence-corrected chi connectivity index (χ0v) is 22.9. The Bertz CT molecular complexity index is 1250. The summed E-state index contributed by atoms with van der Waals surface area (Å²) in [6, 6.07) is 17.5. The zero-order chi connectivity index (χ0) is 27.3. The number of aliphatic imine (C=N–C) groups is 1. The Kier molecular flexibility index (Phi) is 11.3. The summed E-state index contributed by atoms with van der Waals surface area (Å²) in [5.41, 5.74) is 9.62. The fraction of sp³-hybridized carbons (Fsp3) is 0.379. The van der Waals surface area contributed by atoms with Crippen molar-refractivity contribution in [2.75, 3.05) is 5.32 Å². The standard InChI is InChI=1S/C29H36N6O2S/c1-20(2)23-12-8-11-22(17-23)19-26(36)32-25(31)16-15-24(30)13-6-7-14-28-34-35-29(38-28)33-27(37)18-21-9-4-3-5-10-21/h3-5,8-12,17,20,30H,6-7,13-16,18-19H2,1-2H3,(H2,31,32,36)(H,33,35,37). The Balaban J connectivity index is 1.31. The number of amides is 2. The van der Waals surface area contributed by atoms with Crippen LogP contribution in [0.5, 0.6) is 0 Å². The average Bonchev–Trinajstić information content (AvgIpc) is 3.32. The van der Waals surface area contributed by atoms with E-state index in [2.05, 4.69) is 40.4 Å². The molecule has 1 aromatic heterocycles. The van der Waals surface area contributed by atoms with Crippen LogP contribution >= 0.6 is 11.3 Å². The van der Waals surface area contributed by atoms with Crippen LogP contribution in [0.2, 0.25) is 0 Å². The minimum absolute atomic E-state index is 0.114. The van der Waals surface area contributed by atoms with Crippen LogP contribution < -0.4 is 11.1 Å². The third-order valence-electron chi connectivity index (χ3n) is 5.96. The predicted molar refractivity (Wildman–Crippen MR) is 154 cm³/mol. The van der Waals surface area contributed by atoms with Gasteiger partial charge in [-0.05, 0) is 48.3 Å². The number of nitrogens with two attached hydrogens (primary N) is 1. The summed E-state index contributed by atoms with van der Waals surface area (Å²) in [5, 5.41) is 20.6. The molecule has 0 atom stereocenters. The molecule has 0 saturated heterocycles. The second kappa shape index (κ2) is 14.9. The molecule has 0 radical (unpaired) electrons. The number of carbonyl (C=O) groups excluding carboxylic acids is 2. The lowest BCUT2D eigenvalue weighted by Crippen LogP contribution is -2.16. The molecule has 1 heterocycles. The van der Waals surface area contributed by atoms with E-state index in [-0.39, 0.29) is 24.1 Å². The van der Waals surface area contributed by atoms with E-state index < -0.39 is 0 Å². The molecule has 0 unspecified atom stereocenters. The first-order valence-corrected chi connectivity index (χ1v) is 13.8. The van der Waals surface area contributed by atoms with Crippen LogP contribution in [0.4, 0.5) is 5.13 Å². The molecular formula is C29H36N6O2S. The first-order valence-electron chi connectivity index (χ1n) is 13.0. The van der Waals surface area contributed by atoms with Crippen LogP contribution in [0.15, 0.2) is 59.6 Å². The van der Waals surface area contributed by atoms with Gasteiger partial charge in [0.1, 0.15) is 10.8 Å². The molecular weight excluding hydrogens is 496 g/mol. The summed E-state index contributed by atoms with van der Waals surface area (Å²) in [6.45, 7) is 4.24. The number of aryl methyl sites for hydroxylation is 1. The topological polar surface area (TPSA) is 134 Å². The molecule has 0 aliphatic rings. The summed E-state index contributed by atoms with van der Waals surface area (Å²) in [5.74, 6) is 0.300. The van der Waals surface area contributed by atoms with E-state index in [9.17, 15) is 9.59 Å². The number of amidine groups is 1. The Morgan fingerprint density at radius 2 is 1.74 bits per heavy atom. The molecule has 2 amide bonds. The number of anilines is 1. The van der Waals surface area contributed by atoms with E-state index in [0.29, 0.717) is 42.4 Å². The molecule has 0 aliphatic carbocycles. The zero-order valence-electron chi connectivity index (χ0n) is 22.1. The van der Waals surface area contributed by atoms with Crippen molar-refractivity contribution in [1.29, 1.82) is 5.41 Å². The normalized spacial score (nSPS) is 11.5. The maximum Gasteiger partial charge on any atom is 0.251 e. The van der Waals surface area contributed by atoms with Gasteiger partial charge in [0.05, 0.1) is 12.8 Å². The first kappa shape index (κ1) is 28.8. The molecule has 2 aromatic carbocycles. The van der Waals surface area contributed by atoms with Gasteiger partial charge >= 0.3 is 0 Å². The number of rotatable bonds is 14. The average molecular weight is 533 g/mol. The second-order valence-corrected chi connectivity index (χ2v) is 10.7. The van der Waals surface area contributed by atoms with Gasteiger partial charge in [-0.2, -0.15) is 0 Å². The molecule has 200 valence electrons. The molecule has 8 nitrogen and oxygen atoms in total. The first-order chi connectivity index (χ1) is 18.3. The monoisotopic (exact) mass is 532 g/mol. The molecule has 0 aliphatic heterocycles. The van der Waals surface area contributed by atoms with Crippen molar-refractivity contribution in [3.63, 3.8) is 0 Å². The largest absolute Gasteiger partial charge is 0.387 e. The van der Waals surface area contributed by atoms with E-state index >= 15 is 0 Å². The van der Waals surface area contributed by atoms with Crippen molar-refractivity contribution in [2.45, 2.75) is 71.1 Å². The van der Waals surface area contributed by atoms with E-state index in [0.717, 1.165) is 35.4 Å². The number of nitrogens with zero attached hydrogens (tertiary/aromatic N) is 3. The highest BCUT2D eigenvalue weighted by molar-refractivity contribution is 7.15. The smallest absolute Gasteiger partial charge is 0.251 e. The number of benzene rings is 2. The van der Waals surface area contributed by atoms with Gasteiger partial charge in [-0.3, -0.25) is 9.59 Å². The van der Waals surface area contributed by atoms with Crippen LogP contribution in [0.3, 0.4) is 0 Å². The summed E-state index contributed by atoms with van der Waals surface area (Å²) >= 11 is 1.38. The van der Waals surface area contributed by atoms with Crippen LogP contribution in [0.25, 0.3) is 0 Å². The quantitative estimate of drug-likeness (QED) is 0.144. The molecule has 9 heteroatoms. The van der Waals surface area contributed by atoms with Gasteiger partial charge in [-0.1, -0.05) is 79.8 Å².